The largest absolute Gasteiger partial charge is 0.396 e. The summed E-state index contributed by atoms with van der Waals surface area (Å²) in [4.78, 5) is 24.5. The van der Waals surface area contributed by atoms with Crippen molar-refractivity contribution in [3.05, 3.63) is 145 Å². The molecule has 0 heterocycles. The maximum Gasteiger partial charge on any atom is 0.220 e. The van der Waals surface area contributed by atoms with Gasteiger partial charge in [-0.05, 0) is 162 Å². The molecule has 10 aromatic carbocycles. The molecule has 6 heteroatoms. The van der Waals surface area contributed by atoms with Crippen LogP contribution in [0.2, 0.25) is 0 Å². The summed E-state index contributed by atoms with van der Waals surface area (Å²) in [7, 11) is 0. The van der Waals surface area contributed by atoms with Crippen LogP contribution in [0.4, 0.5) is 0 Å². The Morgan fingerprint density at radius 2 is 0.896 bits per heavy atom. The van der Waals surface area contributed by atoms with Crippen LogP contribution in [0.15, 0.2) is 133 Å². The van der Waals surface area contributed by atoms with Gasteiger partial charge in [-0.15, -0.1) is 0 Å². The fraction of sp³-hybridized carbons (Fsp3) is 0.311. The van der Waals surface area contributed by atoms with E-state index in [2.05, 4.69) is 172 Å². The molecule has 0 bridgehead atoms. The Bertz CT molecular complexity index is 3230. The normalized spacial score (nSPS) is 12.1. The lowest BCUT2D eigenvalue weighted by atomic mass is 9.87. The molecule has 2 amide bonds. The highest BCUT2D eigenvalue weighted by Crippen LogP contribution is 2.43. The van der Waals surface area contributed by atoms with Crippen LogP contribution in [0.5, 0.6) is 0 Å². The molecule has 6 nitrogen and oxygen atoms in total. The van der Waals surface area contributed by atoms with E-state index in [-0.39, 0.29) is 24.0 Å². The Morgan fingerprint density at radius 3 is 1.33 bits per heavy atom. The SMILES string of the molecule is CC(C)CCOC(C)(C)CCNC(=O)CCCc1ccc2c3cccc4cccc(c5cccc1c52)c43.O=C(CCCc1ccc2c3cccc4cccc(c5cccc1c52)c43)NCCCO. The maximum atomic E-state index is 12.5. The molecule has 0 aliphatic heterocycles. The van der Waals surface area contributed by atoms with Gasteiger partial charge in [-0.25, -0.2) is 0 Å². The van der Waals surface area contributed by atoms with Gasteiger partial charge in [0.2, 0.25) is 11.8 Å². The molecule has 0 saturated carbocycles. The molecular weight excluding hydrogens is 825 g/mol. The number of carbonyl (C=O) groups is 2. The Balaban J connectivity index is 0.000000171. The van der Waals surface area contributed by atoms with Gasteiger partial charge in [-0.1, -0.05) is 147 Å². The van der Waals surface area contributed by atoms with Crippen LogP contribution in [0.3, 0.4) is 0 Å². The Kier molecular flexibility index (Phi) is 13.8. The molecule has 10 aromatic rings. The minimum Gasteiger partial charge on any atom is -0.396 e. The van der Waals surface area contributed by atoms with Crippen LogP contribution in [-0.4, -0.2) is 48.8 Å². The van der Waals surface area contributed by atoms with Gasteiger partial charge in [-0.2, -0.15) is 0 Å². The zero-order chi connectivity index (χ0) is 46.5. The first-order chi connectivity index (χ1) is 32.6. The first-order valence-electron chi connectivity index (χ1n) is 24.5. The van der Waals surface area contributed by atoms with Crippen LogP contribution in [0.1, 0.15) is 83.8 Å². The maximum absolute atomic E-state index is 12.5. The van der Waals surface area contributed by atoms with Crippen molar-refractivity contribution in [2.45, 2.75) is 91.1 Å². The minimum absolute atomic E-state index is 0.0618. The molecule has 67 heavy (non-hydrogen) atoms. The fourth-order valence-corrected chi connectivity index (χ4v) is 10.4. The topological polar surface area (TPSA) is 87.7 Å². The highest BCUT2D eigenvalue weighted by molar-refractivity contribution is 6.34. The standard InChI is InChI=1S/C34H39NO2.C27H25NO2/c1-23(2)19-22-37-34(3,4)20-21-35-31(36)16-7-9-24-17-18-30-28-14-6-11-25-10-5-13-27(32(25)28)29-15-8-12-26(24)33(29)30;29-17-5-16-28-25(30)13-3-6-18-14-15-24-22-11-2-8-19-7-1-10-21(26(19)22)23-12-4-9-20(18)27(23)24/h5-6,8,10-15,17-18,23H,7,9,16,19-22H2,1-4H3,(H,35,36);1-2,4,7-12,14-15,29H,3,5-6,13,16-17H2,(H,28,30). The van der Waals surface area contributed by atoms with Gasteiger partial charge in [-0.3, -0.25) is 9.59 Å². The molecule has 0 spiro atoms. The highest BCUT2D eigenvalue weighted by atomic mass is 16.5. The lowest BCUT2D eigenvalue weighted by Gasteiger charge is -2.26. The lowest BCUT2D eigenvalue weighted by molar-refractivity contribution is -0.122. The van der Waals surface area contributed by atoms with Crippen molar-refractivity contribution < 1.29 is 19.4 Å². The number of aliphatic hydroxyl groups is 1. The average Bonchev–Trinajstić information content (AvgIpc) is 3.33. The number of rotatable bonds is 18. The number of aryl methyl sites for hydroxylation is 2. The smallest absolute Gasteiger partial charge is 0.220 e. The number of amides is 2. The Morgan fingerprint density at radius 1 is 0.507 bits per heavy atom. The minimum atomic E-state index is -0.214. The first-order valence-corrected chi connectivity index (χ1v) is 24.5. The van der Waals surface area contributed by atoms with Crippen LogP contribution in [-0.2, 0) is 27.2 Å². The third-order valence-electron chi connectivity index (χ3n) is 13.8. The summed E-state index contributed by atoms with van der Waals surface area (Å²) in [5.41, 5.74) is 2.40. The fourth-order valence-electron chi connectivity index (χ4n) is 10.4. The highest BCUT2D eigenvalue weighted by Gasteiger charge is 2.20. The third kappa shape index (κ3) is 9.75. The van der Waals surface area contributed by atoms with Crippen LogP contribution >= 0.6 is 0 Å². The van der Waals surface area contributed by atoms with E-state index in [1.165, 1.54) is 97.3 Å². The van der Waals surface area contributed by atoms with Crippen molar-refractivity contribution in [1.82, 2.24) is 10.6 Å². The molecule has 0 aliphatic rings. The van der Waals surface area contributed by atoms with E-state index < -0.39 is 0 Å². The second kappa shape index (κ2) is 20.3. The van der Waals surface area contributed by atoms with E-state index in [1.54, 1.807) is 0 Å². The van der Waals surface area contributed by atoms with E-state index in [9.17, 15) is 9.59 Å². The van der Waals surface area contributed by atoms with Crippen molar-refractivity contribution in [2.24, 2.45) is 5.92 Å². The van der Waals surface area contributed by atoms with Gasteiger partial charge in [0.1, 0.15) is 0 Å². The molecule has 0 aliphatic carbocycles. The summed E-state index contributed by atoms with van der Waals surface area (Å²) < 4.78 is 6.02. The van der Waals surface area contributed by atoms with Gasteiger partial charge in [0.05, 0.1) is 5.60 Å². The number of aliphatic hydroxyl groups excluding tert-OH is 1. The first kappa shape index (κ1) is 45.8. The van der Waals surface area contributed by atoms with E-state index in [4.69, 9.17) is 9.84 Å². The number of nitrogens with one attached hydrogen (secondary N) is 2. The van der Waals surface area contributed by atoms with E-state index >= 15 is 0 Å². The summed E-state index contributed by atoms with van der Waals surface area (Å²) in [5.74, 6) is 0.830. The molecule has 0 unspecified atom stereocenters. The Labute approximate surface area is 394 Å². The van der Waals surface area contributed by atoms with E-state index in [1.807, 2.05) is 0 Å². The average molecular weight is 889 g/mol. The van der Waals surface area contributed by atoms with Crippen LogP contribution < -0.4 is 10.6 Å². The van der Waals surface area contributed by atoms with Gasteiger partial charge >= 0.3 is 0 Å². The van der Waals surface area contributed by atoms with Crippen molar-refractivity contribution in [2.75, 3.05) is 26.3 Å². The summed E-state index contributed by atoms with van der Waals surface area (Å²) >= 11 is 0. The van der Waals surface area contributed by atoms with Crippen molar-refractivity contribution in [1.29, 1.82) is 0 Å². The van der Waals surface area contributed by atoms with Gasteiger partial charge in [0.25, 0.3) is 0 Å². The number of hydrogen-bond donors (Lipinski definition) is 3. The summed E-state index contributed by atoms with van der Waals surface area (Å²) in [6.45, 7) is 10.7. The predicted molar refractivity (Wildman–Crippen MR) is 283 cm³/mol. The van der Waals surface area contributed by atoms with Crippen molar-refractivity contribution in [3.8, 4) is 0 Å². The number of fused-ring (bicyclic) bond motifs is 4. The summed E-state index contributed by atoms with van der Waals surface area (Å²) in [6.07, 6.45) is 6.96. The summed E-state index contributed by atoms with van der Waals surface area (Å²) in [5, 5.41) is 35.8. The van der Waals surface area contributed by atoms with Crippen LogP contribution in [0.25, 0.3) is 86.2 Å². The molecule has 0 radical (unpaired) electrons. The molecule has 0 saturated heterocycles. The quantitative estimate of drug-likeness (QED) is 0.0455. The number of ether oxygens (including phenoxy) is 1. The van der Waals surface area contributed by atoms with E-state index in [0.717, 1.165) is 45.1 Å². The van der Waals surface area contributed by atoms with E-state index in [0.29, 0.717) is 38.3 Å². The lowest BCUT2D eigenvalue weighted by Crippen LogP contribution is -2.33. The molecule has 0 fully saturated rings. The zero-order valence-corrected chi connectivity index (χ0v) is 39.6. The second-order valence-electron chi connectivity index (χ2n) is 19.4. The molecule has 10 rings (SSSR count). The molecule has 3 N–H and O–H groups in total. The van der Waals surface area contributed by atoms with Crippen molar-refractivity contribution in [3.63, 3.8) is 0 Å². The number of benzene rings is 10. The van der Waals surface area contributed by atoms with Crippen LogP contribution in [0, 0.1) is 5.92 Å². The third-order valence-corrected chi connectivity index (χ3v) is 13.8. The number of carbonyl (C=O) groups excluding carboxylic acids is 2. The zero-order valence-electron chi connectivity index (χ0n) is 39.6. The monoisotopic (exact) mass is 888 g/mol. The molecule has 0 aromatic heterocycles. The molecule has 0 atom stereocenters. The van der Waals surface area contributed by atoms with Gasteiger partial charge < -0.3 is 20.5 Å². The predicted octanol–water partition coefficient (Wildman–Crippen LogP) is 14.0. The molecular formula is C61H64N2O4. The van der Waals surface area contributed by atoms with Gasteiger partial charge in [0, 0.05) is 39.1 Å². The second-order valence-corrected chi connectivity index (χ2v) is 19.4. The Hall–Kier alpha value is -6.34. The summed E-state index contributed by atoms with van der Waals surface area (Å²) in [6, 6.07) is 48.7. The van der Waals surface area contributed by atoms with Crippen molar-refractivity contribution >= 4 is 98.0 Å². The van der Waals surface area contributed by atoms with Gasteiger partial charge in [0.15, 0.2) is 0 Å². The number of hydrogen-bond acceptors (Lipinski definition) is 4. The molecule has 342 valence electrons.